The van der Waals surface area contributed by atoms with Gasteiger partial charge in [0, 0.05) is 12.3 Å². The van der Waals surface area contributed by atoms with Crippen molar-refractivity contribution in [2.45, 2.75) is 69.0 Å². The number of hydrogen-bond acceptors (Lipinski definition) is 6. The first-order valence-corrected chi connectivity index (χ1v) is 10.2. The number of carbonyl (C=O) groups excluding carboxylic acids is 1. The van der Waals surface area contributed by atoms with Crippen molar-refractivity contribution >= 4 is 23.4 Å². The van der Waals surface area contributed by atoms with Crippen LogP contribution in [0.5, 0.6) is 0 Å². The molecule has 0 saturated carbocycles. The molecule has 0 unspecified atom stereocenters. The highest BCUT2D eigenvalue weighted by molar-refractivity contribution is 8.00. The lowest BCUT2D eigenvalue weighted by molar-refractivity contribution is -0.115. The molecule has 1 N–H and O–H groups in total. The van der Waals surface area contributed by atoms with Crippen LogP contribution in [0, 0.1) is 0 Å². The minimum absolute atomic E-state index is 0.0739. The highest BCUT2D eigenvalue weighted by atomic mass is 32.2. The minimum Gasteiger partial charge on any atom is -0.376 e. The number of amides is 1. The Kier molecular flexibility index (Phi) is 6.16. The summed E-state index contributed by atoms with van der Waals surface area (Å²) in [5, 5.41) is 15.1. The lowest BCUT2D eigenvalue weighted by Crippen LogP contribution is -2.24. The van der Waals surface area contributed by atoms with Gasteiger partial charge in [0.1, 0.15) is 0 Å². The fraction of sp³-hybridized carbons (Fsp3) is 0.579. The maximum absolute atomic E-state index is 12.5. The van der Waals surface area contributed by atoms with Crippen molar-refractivity contribution < 1.29 is 9.53 Å². The summed E-state index contributed by atoms with van der Waals surface area (Å²) in [6.07, 6.45) is 2.24. The van der Waals surface area contributed by atoms with E-state index in [2.05, 4.69) is 53.7 Å². The topological polar surface area (TPSA) is 81.9 Å². The molecule has 1 amide bonds. The van der Waals surface area contributed by atoms with Gasteiger partial charge in [-0.3, -0.25) is 4.79 Å². The molecule has 1 aliphatic rings. The Labute approximate surface area is 164 Å². The van der Waals surface area contributed by atoms with Crippen LogP contribution in [0.15, 0.2) is 29.4 Å². The van der Waals surface area contributed by atoms with E-state index in [4.69, 9.17) is 4.74 Å². The lowest BCUT2D eigenvalue weighted by Gasteiger charge is -2.19. The number of nitrogens with zero attached hydrogens (tertiary/aromatic N) is 4. The number of ether oxygens (including phenoxy) is 1. The van der Waals surface area contributed by atoms with E-state index in [0.717, 1.165) is 25.1 Å². The van der Waals surface area contributed by atoms with Gasteiger partial charge in [0.2, 0.25) is 11.1 Å². The van der Waals surface area contributed by atoms with Crippen LogP contribution in [-0.2, 0) is 21.5 Å². The van der Waals surface area contributed by atoms with Crippen LogP contribution in [-0.4, -0.2) is 44.1 Å². The van der Waals surface area contributed by atoms with Crippen molar-refractivity contribution in [1.82, 2.24) is 20.2 Å². The van der Waals surface area contributed by atoms with E-state index in [1.54, 1.807) is 4.68 Å². The molecule has 2 heterocycles. The van der Waals surface area contributed by atoms with Gasteiger partial charge in [0.15, 0.2) is 0 Å². The quantitative estimate of drug-likeness (QED) is 0.764. The van der Waals surface area contributed by atoms with Crippen LogP contribution in [0.1, 0.15) is 46.1 Å². The van der Waals surface area contributed by atoms with E-state index >= 15 is 0 Å². The summed E-state index contributed by atoms with van der Waals surface area (Å²) in [4.78, 5) is 12.5. The summed E-state index contributed by atoms with van der Waals surface area (Å²) >= 11 is 1.35. The predicted octanol–water partition coefficient (Wildman–Crippen LogP) is 3.27. The van der Waals surface area contributed by atoms with Gasteiger partial charge < -0.3 is 10.1 Å². The highest BCUT2D eigenvalue weighted by Crippen LogP contribution is 2.25. The maximum atomic E-state index is 12.5. The second-order valence-corrected chi connectivity index (χ2v) is 9.16. The van der Waals surface area contributed by atoms with Crippen molar-refractivity contribution in [3.05, 3.63) is 29.8 Å². The fourth-order valence-electron chi connectivity index (χ4n) is 2.89. The second-order valence-electron chi connectivity index (χ2n) is 7.86. The van der Waals surface area contributed by atoms with Gasteiger partial charge >= 0.3 is 0 Å². The Morgan fingerprint density at radius 3 is 2.74 bits per heavy atom. The SMILES string of the molecule is C[C@@H](Sc1nnnn1C[C@H]1CCCO1)C(=O)Nc1ccc(C(C)(C)C)cc1. The molecule has 1 aromatic carbocycles. The minimum atomic E-state index is -0.318. The number of rotatable bonds is 6. The standard InChI is InChI=1S/C19H27N5O2S/c1-13(17(25)20-15-9-7-14(8-10-15)19(2,3)4)27-18-21-22-23-24(18)12-16-6-5-11-26-16/h7-10,13,16H,5-6,11-12H2,1-4H3,(H,20,25)/t13-,16-/m1/s1. The van der Waals surface area contributed by atoms with Crippen molar-refractivity contribution in [2.75, 3.05) is 11.9 Å². The van der Waals surface area contributed by atoms with Gasteiger partial charge in [-0.05, 0) is 53.3 Å². The molecule has 1 aromatic heterocycles. The summed E-state index contributed by atoms with van der Waals surface area (Å²) < 4.78 is 7.37. The molecule has 7 nitrogen and oxygen atoms in total. The van der Waals surface area contributed by atoms with E-state index in [0.29, 0.717) is 11.7 Å². The molecule has 2 aromatic rings. The van der Waals surface area contributed by atoms with Gasteiger partial charge in [-0.1, -0.05) is 44.7 Å². The van der Waals surface area contributed by atoms with Crippen molar-refractivity contribution in [2.24, 2.45) is 0 Å². The molecule has 1 saturated heterocycles. The van der Waals surface area contributed by atoms with E-state index in [1.165, 1.54) is 17.3 Å². The van der Waals surface area contributed by atoms with Crippen LogP contribution in [0.2, 0.25) is 0 Å². The zero-order valence-electron chi connectivity index (χ0n) is 16.3. The molecule has 0 radical (unpaired) electrons. The molecular formula is C19H27N5O2S. The first-order valence-electron chi connectivity index (χ1n) is 9.29. The molecule has 27 heavy (non-hydrogen) atoms. The Hall–Kier alpha value is -1.93. The van der Waals surface area contributed by atoms with Crippen LogP contribution in [0.25, 0.3) is 0 Å². The van der Waals surface area contributed by atoms with Crippen molar-refractivity contribution in [1.29, 1.82) is 0 Å². The number of tetrazole rings is 1. The lowest BCUT2D eigenvalue weighted by atomic mass is 9.87. The second kappa shape index (κ2) is 8.39. The van der Waals surface area contributed by atoms with E-state index in [9.17, 15) is 4.79 Å². The van der Waals surface area contributed by atoms with Gasteiger partial charge in [0.05, 0.1) is 17.9 Å². The number of hydrogen-bond donors (Lipinski definition) is 1. The van der Waals surface area contributed by atoms with Crippen LogP contribution in [0.3, 0.4) is 0 Å². The van der Waals surface area contributed by atoms with E-state index in [1.807, 2.05) is 19.1 Å². The first-order chi connectivity index (χ1) is 12.8. The number of nitrogens with one attached hydrogen (secondary N) is 1. The maximum Gasteiger partial charge on any atom is 0.237 e. The zero-order chi connectivity index (χ0) is 19.4. The molecule has 0 bridgehead atoms. The van der Waals surface area contributed by atoms with Gasteiger partial charge in [-0.25, -0.2) is 4.68 Å². The first kappa shape index (κ1) is 19.8. The summed E-state index contributed by atoms with van der Waals surface area (Å²) in [7, 11) is 0. The third-order valence-electron chi connectivity index (χ3n) is 4.57. The Morgan fingerprint density at radius 1 is 1.37 bits per heavy atom. The van der Waals surface area contributed by atoms with Gasteiger partial charge in [-0.2, -0.15) is 0 Å². The molecule has 1 aliphatic heterocycles. The Balaban J connectivity index is 1.57. The van der Waals surface area contributed by atoms with Crippen LogP contribution in [0.4, 0.5) is 5.69 Å². The summed E-state index contributed by atoms with van der Waals surface area (Å²) in [5.41, 5.74) is 2.11. The third-order valence-corrected chi connectivity index (χ3v) is 5.64. The largest absolute Gasteiger partial charge is 0.376 e. The van der Waals surface area contributed by atoms with Crippen molar-refractivity contribution in [3.63, 3.8) is 0 Å². The fourth-order valence-corrected chi connectivity index (χ4v) is 3.68. The molecule has 3 rings (SSSR count). The molecular weight excluding hydrogens is 362 g/mol. The van der Waals surface area contributed by atoms with Gasteiger partial charge in [0.25, 0.3) is 0 Å². The molecule has 1 fully saturated rings. The summed E-state index contributed by atoms with van der Waals surface area (Å²) in [5.74, 6) is -0.0739. The number of aromatic nitrogens is 4. The predicted molar refractivity (Wildman–Crippen MR) is 106 cm³/mol. The number of benzene rings is 1. The normalized spacial score (nSPS) is 18.4. The smallest absolute Gasteiger partial charge is 0.237 e. The average Bonchev–Trinajstić information content (AvgIpc) is 3.27. The molecule has 2 atom stereocenters. The molecule has 8 heteroatoms. The summed E-state index contributed by atoms with van der Waals surface area (Å²) in [6, 6.07) is 7.99. The molecule has 146 valence electrons. The van der Waals surface area contributed by atoms with E-state index in [-0.39, 0.29) is 22.7 Å². The number of anilines is 1. The Bertz CT molecular complexity index is 763. The zero-order valence-corrected chi connectivity index (χ0v) is 17.1. The summed E-state index contributed by atoms with van der Waals surface area (Å²) in [6.45, 7) is 9.77. The third kappa shape index (κ3) is 5.29. The van der Waals surface area contributed by atoms with Gasteiger partial charge in [-0.15, -0.1) is 5.10 Å². The Morgan fingerprint density at radius 2 is 2.11 bits per heavy atom. The monoisotopic (exact) mass is 389 g/mol. The average molecular weight is 390 g/mol. The van der Waals surface area contributed by atoms with Crippen LogP contribution >= 0.6 is 11.8 Å². The number of thioether (sulfide) groups is 1. The van der Waals surface area contributed by atoms with E-state index < -0.39 is 0 Å². The van der Waals surface area contributed by atoms with Crippen molar-refractivity contribution in [3.8, 4) is 0 Å². The number of carbonyl (C=O) groups is 1. The molecule has 0 aliphatic carbocycles. The van der Waals surface area contributed by atoms with Crippen LogP contribution < -0.4 is 5.32 Å². The highest BCUT2D eigenvalue weighted by Gasteiger charge is 2.22. The molecule has 0 spiro atoms.